The molecule has 2 aromatic heterocycles. The molecule has 0 amide bonds. The van der Waals surface area contributed by atoms with Crippen molar-refractivity contribution in [2.75, 3.05) is 0 Å². The van der Waals surface area contributed by atoms with Crippen molar-refractivity contribution in [2.45, 2.75) is 6.92 Å². The van der Waals surface area contributed by atoms with Crippen LogP contribution >= 0.6 is 15.9 Å². The number of aromatic amines is 1. The highest BCUT2D eigenvalue weighted by atomic mass is 79.9. The molecule has 1 N–H and O–H groups in total. The number of hydrogen-bond donors (Lipinski definition) is 1. The van der Waals surface area contributed by atoms with Crippen LogP contribution < -0.4 is 5.56 Å². The summed E-state index contributed by atoms with van der Waals surface area (Å²) >= 11 is 3.16. The van der Waals surface area contributed by atoms with Crippen LogP contribution in [0.25, 0.3) is 5.82 Å². The lowest BCUT2D eigenvalue weighted by molar-refractivity contribution is 0.827. The van der Waals surface area contributed by atoms with Crippen LogP contribution in [-0.2, 0) is 0 Å². The quantitative estimate of drug-likeness (QED) is 0.827. The molecule has 0 saturated heterocycles. The fourth-order valence-electron chi connectivity index (χ4n) is 1.06. The molecule has 14 heavy (non-hydrogen) atoms. The van der Waals surface area contributed by atoms with Crippen LogP contribution in [0.15, 0.2) is 28.0 Å². The molecule has 2 heterocycles. The van der Waals surface area contributed by atoms with E-state index in [0.717, 1.165) is 5.56 Å². The molecule has 0 saturated carbocycles. The second-order valence-corrected chi connectivity index (χ2v) is 3.62. The highest BCUT2D eigenvalue weighted by Gasteiger charge is 2.07. The minimum absolute atomic E-state index is 0.219. The van der Waals surface area contributed by atoms with E-state index in [1.165, 1.54) is 6.33 Å². The summed E-state index contributed by atoms with van der Waals surface area (Å²) in [6, 6.07) is 0. The number of rotatable bonds is 1. The van der Waals surface area contributed by atoms with Gasteiger partial charge in [-0.25, -0.2) is 9.67 Å². The smallest absolute Gasteiger partial charge is 0.267 e. The lowest BCUT2D eigenvalue weighted by Crippen LogP contribution is -2.12. The maximum atomic E-state index is 11.2. The van der Waals surface area contributed by atoms with E-state index in [4.69, 9.17) is 0 Å². The van der Waals surface area contributed by atoms with Gasteiger partial charge in [0.05, 0.1) is 12.5 Å². The Balaban J connectivity index is 2.63. The molecule has 6 heteroatoms. The third-order valence-electron chi connectivity index (χ3n) is 1.71. The van der Waals surface area contributed by atoms with Gasteiger partial charge < -0.3 is 4.98 Å². The molecular formula is C8H7BrN4O. The molecule has 0 spiro atoms. The van der Waals surface area contributed by atoms with Gasteiger partial charge in [0.2, 0.25) is 0 Å². The van der Waals surface area contributed by atoms with Gasteiger partial charge in [0.15, 0.2) is 5.82 Å². The van der Waals surface area contributed by atoms with Gasteiger partial charge in [-0.3, -0.25) is 4.79 Å². The SMILES string of the molecule is Cc1cnn(-c2nc[nH]c(=O)c2Br)c1. The Labute approximate surface area is 87.9 Å². The highest BCUT2D eigenvalue weighted by molar-refractivity contribution is 9.10. The molecular weight excluding hydrogens is 248 g/mol. The summed E-state index contributed by atoms with van der Waals surface area (Å²) in [4.78, 5) is 17.7. The van der Waals surface area contributed by atoms with Crippen LogP contribution in [0.3, 0.4) is 0 Å². The number of halogens is 1. The maximum absolute atomic E-state index is 11.2. The van der Waals surface area contributed by atoms with Crippen LogP contribution in [0, 0.1) is 6.92 Å². The first kappa shape index (κ1) is 9.14. The summed E-state index contributed by atoms with van der Waals surface area (Å²) in [7, 11) is 0. The molecule has 5 nitrogen and oxygen atoms in total. The Bertz CT molecular complexity index is 516. The molecule has 0 aliphatic heterocycles. The van der Waals surface area contributed by atoms with Crippen LogP contribution in [0.5, 0.6) is 0 Å². The first-order chi connectivity index (χ1) is 6.68. The molecule has 72 valence electrons. The second-order valence-electron chi connectivity index (χ2n) is 2.83. The van der Waals surface area contributed by atoms with Crippen molar-refractivity contribution in [3.8, 4) is 5.82 Å². The van der Waals surface area contributed by atoms with Crippen LogP contribution in [-0.4, -0.2) is 19.7 Å². The van der Waals surface area contributed by atoms with E-state index in [0.29, 0.717) is 10.3 Å². The van der Waals surface area contributed by atoms with Gasteiger partial charge in [-0.2, -0.15) is 5.10 Å². The number of H-pyrrole nitrogens is 1. The predicted molar refractivity (Wildman–Crippen MR) is 54.4 cm³/mol. The van der Waals surface area contributed by atoms with E-state index in [-0.39, 0.29) is 5.56 Å². The van der Waals surface area contributed by atoms with E-state index in [1.807, 2.05) is 6.92 Å². The van der Waals surface area contributed by atoms with E-state index in [9.17, 15) is 4.79 Å². The number of aromatic nitrogens is 4. The van der Waals surface area contributed by atoms with Crippen molar-refractivity contribution in [1.82, 2.24) is 19.7 Å². The highest BCUT2D eigenvalue weighted by Crippen LogP contribution is 2.12. The molecule has 2 aromatic rings. The van der Waals surface area contributed by atoms with Gasteiger partial charge in [-0.1, -0.05) is 0 Å². The van der Waals surface area contributed by atoms with E-state index < -0.39 is 0 Å². The van der Waals surface area contributed by atoms with Gasteiger partial charge in [0, 0.05) is 6.20 Å². The zero-order chi connectivity index (χ0) is 10.1. The molecule has 0 bridgehead atoms. The van der Waals surface area contributed by atoms with Crippen LogP contribution in [0.2, 0.25) is 0 Å². The Morgan fingerprint density at radius 1 is 1.57 bits per heavy atom. The zero-order valence-electron chi connectivity index (χ0n) is 7.36. The maximum Gasteiger partial charge on any atom is 0.267 e. The third kappa shape index (κ3) is 1.48. The largest absolute Gasteiger partial charge is 0.312 e. The first-order valence-corrected chi connectivity index (χ1v) is 4.72. The number of nitrogens with zero attached hydrogens (tertiary/aromatic N) is 3. The Morgan fingerprint density at radius 2 is 2.36 bits per heavy atom. The zero-order valence-corrected chi connectivity index (χ0v) is 8.95. The van der Waals surface area contributed by atoms with E-state index in [1.54, 1.807) is 17.1 Å². The summed E-state index contributed by atoms with van der Waals surface area (Å²) in [5.41, 5.74) is 0.794. The van der Waals surface area contributed by atoms with Crippen molar-refractivity contribution >= 4 is 15.9 Å². The summed E-state index contributed by atoms with van der Waals surface area (Å²) in [5.74, 6) is 0.488. The standard InChI is InChI=1S/C8H7BrN4O/c1-5-2-12-13(3-5)7-6(9)8(14)11-4-10-7/h2-4H,1H3,(H,10,11,14). The Hall–Kier alpha value is -1.43. The summed E-state index contributed by atoms with van der Waals surface area (Å²) in [6.07, 6.45) is 4.85. The monoisotopic (exact) mass is 254 g/mol. The predicted octanol–water partition coefficient (Wildman–Crippen LogP) is 1.03. The lowest BCUT2D eigenvalue weighted by Gasteiger charge is -2.00. The molecule has 0 atom stereocenters. The van der Waals surface area contributed by atoms with Crippen molar-refractivity contribution in [1.29, 1.82) is 0 Å². The molecule has 0 aromatic carbocycles. The van der Waals surface area contributed by atoms with Gasteiger partial charge in [-0.15, -0.1) is 0 Å². The number of aryl methyl sites for hydroxylation is 1. The first-order valence-electron chi connectivity index (χ1n) is 3.93. The summed E-state index contributed by atoms with van der Waals surface area (Å²) in [6.45, 7) is 1.92. The Morgan fingerprint density at radius 3 is 3.00 bits per heavy atom. The topological polar surface area (TPSA) is 63.6 Å². The Kier molecular flexibility index (Phi) is 2.20. The van der Waals surface area contributed by atoms with Crippen molar-refractivity contribution in [2.24, 2.45) is 0 Å². The molecule has 0 radical (unpaired) electrons. The van der Waals surface area contributed by atoms with E-state index in [2.05, 4.69) is 31.0 Å². The number of nitrogens with one attached hydrogen (secondary N) is 1. The summed E-state index contributed by atoms with van der Waals surface area (Å²) < 4.78 is 1.93. The van der Waals surface area contributed by atoms with Crippen LogP contribution in [0.1, 0.15) is 5.56 Å². The minimum atomic E-state index is -0.219. The molecule has 0 aliphatic rings. The normalized spacial score (nSPS) is 10.4. The average Bonchev–Trinajstić information content (AvgIpc) is 2.57. The van der Waals surface area contributed by atoms with Crippen LogP contribution in [0.4, 0.5) is 0 Å². The molecule has 2 rings (SSSR count). The lowest BCUT2D eigenvalue weighted by atomic mass is 10.4. The van der Waals surface area contributed by atoms with Crippen molar-refractivity contribution in [3.63, 3.8) is 0 Å². The summed E-state index contributed by atoms with van der Waals surface area (Å²) in [5, 5.41) is 4.06. The van der Waals surface area contributed by atoms with E-state index >= 15 is 0 Å². The minimum Gasteiger partial charge on any atom is -0.312 e. The number of hydrogen-bond acceptors (Lipinski definition) is 3. The van der Waals surface area contributed by atoms with Crippen molar-refractivity contribution in [3.05, 3.63) is 39.1 Å². The van der Waals surface area contributed by atoms with Crippen molar-refractivity contribution < 1.29 is 0 Å². The van der Waals surface area contributed by atoms with Gasteiger partial charge in [0.25, 0.3) is 5.56 Å². The molecule has 0 unspecified atom stereocenters. The fourth-order valence-corrected chi connectivity index (χ4v) is 1.46. The fraction of sp³-hybridized carbons (Fsp3) is 0.125. The second kappa shape index (κ2) is 3.38. The molecule has 0 fully saturated rings. The van der Waals surface area contributed by atoms with Gasteiger partial charge >= 0.3 is 0 Å². The average molecular weight is 255 g/mol. The molecule has 0 aliphatic carbocycles. The van der Waals surface area contributed by atoms with Gasteiger partial charge in [-0.05, 0) is 28.4 Å². The van der Waals surface area contributed by atoms with Gasteiger partial charge in [0.1, 0.15) is 4.47 Å². The third-order valence-corrected chi connectivity index (χ3v) is 2.42.